The zero-order valence-corrected chi connectivity index (χ0v) is 23.9. The molecule has 1 saturated carbocycles. The number of esters is 3. The second kappa shape index (κ2) is 12.0. The van der Waals surface area contributed by atoms with E-state index in [0.717, 1.165) is 6.08 Å². The van der Waals surface area contributed by atoms with Gasteiger partial charge in [-0.15, -0.1) is 6.58 Å². The van der Waals surface area contributed by atoms with E-state index in [-0.39, 0.29) is 32.8 Å². The highest BCUT2D eigenvalue weighted by Gasteiger charge is 2.75. The molecule has 8 nitrogen and oxygen atoms in total. The molecule has 0 amide bonds. The van der Waals surface area contributed by atoms with Crippen molar-refractivity contribution in [3.05, 3.63) is 76.3 Å². The first kappa shape index (κ1) is 33.1. The van der Waals surface area contributed by atoms with Gasteiger partial charge in [0.25, 0.3) is 0 Å². The lowest BCUT2D eigenvalue weighted by atomic mass is 9.68. The van der Waals surface area contributed by atoms with Crippen molar-refractivity contribution in [3.63, 3.8) is 0 Å². The van der Waals surface area contributed by atoms with E-state index in [4.69, 9.17) is 32.7 Å². The topological polar surface area (TPSA) is 100 Å². The molecule has 4 rings (SSSR count). The van der Waals surface area contributed by atoms with Crippen LogP contribution in [0.1, 0.15) is 23.5 Å². The van der Waals surface area contributed by atoms with E-state index >= 15 is 0 Å². The Labute approximate surface area is 255 Å². The summed E-state index contributed by atoms with van der Waals surface area (Å²) < 4.78 is 98.4. The summed E-state index contributed by atoms with van der Waals surface area (Å²) in [6, 6.07) is 9.22. The van der Waals surface area contributed by atoms with Crippen molar-refractivity contribution in [1.82, 2.24) is 0 Å². The highest BCUT2D eigenvalue weighted by molar-refractivity contribution is 6.42. The molecule has 1 spiro atoms. The lowest BCUT2D eigenvalue weighted by molar-refractivity contribution is -0.207. The number of hydrogen-bond donors (Lipinski definition) is 0. The largest absolute Gasteiger partial charge is 0.497 e. The van der Waals surface area contributed by atoms with Gasteiger partial charge in [0.1, 0.15) is 5.75 Å². The number of nitrogens with zero attached hydrogens (tertiary/aromatic N) is 1. The number of carbonyl (C=O) groups is 3. The van der Waals surface area contributed by atoms with Crippen LogP contribution in [0.25, 0.3) is 0 Å². The van der Waals surface area contributed by atoms with Gasteiger partial charge < -0.3 is 18.9 Å². The average Bonchev–Trinajstić information content (AvgIpc) is 3.46. The van der Waals surface area contributed by atoms with Crippen molar-refractivity contribution < 1.29 is 59.7 Å². The van der Waals surface area contributed by atoms with Crippen LogP contribution in [0.3, 0.4) is 0 Å². The van der Waals surface area contributed by atoms with E-state index < -0.39 is 72.7 Å². The lowest BCUT2D eigenvalue weighted by Gasteiger charge is -2.35. The zero-order valence-electron chi connectivity index (χ0n) is 22.4. The van der Waals surface area contributed by atoms with Gasteiger partial charge in [-0.3, -0.25) is 9.59 Å². The summed E-state index contributed by atoms with van der Waals surface area (Å²) in [7, 11) is 1.31. The maximum Gasteiger partial charge on any atom is 0.422 e. The molecule has 236 valence electrons. The van der Waals surface area contributed by atoms with Gasteiger partial charge >= 0.3 is 30.3 Å². The fourth-order valence-electron chi connectivity index (χ4n) is 5.42. The van der Waals surface area contributed by atoms with Crippen molar-refractivity contribution in [2.24, 2.45) is 16.3 Å². The number of hydrogen-bond acceptors (Lipinski definition) is 8. The fraction of sp³-hybridized carbons (Fsp3) is 0.357. The second-order valence-electron chi connectivity index (χ2n) is 9.87. The molecule has 0 unspecified atom stereocenters. The molecule has 1 aliphatic carbocycles. The number of cyclic esters (lactones) is 1. The Balaban J connectivity index is 2.00. The molecule has 0 aromatic heterocycles. The number of carbonyl (C=O) groups excluding carboxylic acids is 3. The lowest BCUT2D eigenvalue weighted by Crippen LogP contribution is -2.51. The third kappa shape index (κ3) is 6.09. The smallest absolute Gasteiger partial charge is 0.422 e. The number of aliphatic imine (C=N–C) groups is 1. The SMILES string of the molecule is C=C[C@@H]1CC(C(=O)OCC(F)(F)F)(C(=O)OCC(F)(F)F)[C@@H](c2ccc(OC)cc2)[C@@]12N=C(c1ccc(Cl)c(Cl)c1)OC2=O. The summed E-state index contributed by atoms with van der Waals surface area (Å²) in [6.07, 6.45) is -9.95. The zero-order chi connectivity index (χ0) is 32.7. The minimum absolute atomic E-state index is 0.0306. The normalized spacial score (nSPS) is 22.8. The minimum atomic E-state index is -5.08. The van der Waals surface area contributed by atoms with Gasteiger partial charge in [0.2, 0.25) is 5.90 Å². The van der Waals surface area contributed by atoms with Gasteiger partial charge in [-0.1, -0.05) is 41.4 Å². The average molecular weight is 668 g/mol. The van der Waals surface area contributed by atoms with Crippen LogP contribution in [0.2, 0.25) is 10.0 Å². The van der Waals surface area contributed by atoms with Gasteiger partial charge in [-0.2, -0.15) is 26.3 Å². The van der Waals surface area contributed by atoms with Crippen LogP contribution in [0.4, 0.5) is 26.3 Å². The molecule has 3 atom stereocenters. The minimum Gasteiger partial charge on any atom is -0.497 e. The molecule has 16 heteroatoms. The predicted octanol–water partition coefficient (Wildman–Crippen LogP) is 6.23. The molecule has 1 fully saturated rings. The van der Waals surface area contributed by atoms with Crippen LogP contribution in [0, 0.1) is 11.3 Å². The number of rotatable bonds is 8. The standard InChI is InChI=1S/C28H21Cl2F6NO7/c1-3-16-11-25(22(38)42-12-26(31,32)33,23(39)43-13-27(34,35)36)20(14-4-7-17(41-2)8-5-14)28(16)24(40)44-21(37-28)15-6-9-18(29)19(30)10-15/h3-10,16,20H,1,11-13H2,2H3/t16-,20-,28+/m1/s1. The van der Waals surface area contributed by atoms with Crippen LogP contribution in [-0.4, -0.2) is 62.0 Å². The number of ether oxygens (including phenoxy) is 4. The summed E-state index contributed by atoms with van der Waals surface area (Å²) >= 11 is 12.1. The van der Waals surface area contributed by atoms with E-state index in [1.807, 2.05) is 0 Å². The first-order valence-corrected chi connectivity index (χ1v) is 13.3. The summed E-state index contributed by atoms with van der Waals surface area (Å²) in [6.45, 7) is -0.752. The summed E-state index contributed by atoms with van der Waals surface area (Å²) in [5.41, 5.74) is -5.27. The fourth-order valence-corrected chi connectivity index (χ4v) is 5.72. The van der Waals surface area contributed by atoms with Crippen LogP contribution in [0.5, 0.6) is 5.75 Å². The maximum atomic E-state index is 13.8. The van der Waals surface area contributed by atoms with E-state index in [1.54, 1.807) is 0 Å². The number of methoxy groups -OCH3 is 1. The predicted molar refractivity (Wildman–Crippen MR) is 142 cm³/mol. The molecule has 0 bridgehead atoms. The van der Waals surface area contributed by atoms with Crippen molar-refractivity contribution in [2.75, 3.05) is 20.3 Å². The quantitative estimate of drug-likeness (QED) is 0.108. The molecule has 0 saturated heterocycles. The number of alkyl halides is 6. The Morgan fingerprint density at radius 3 is 2.05 bits per heavy atom. The molecule has 0 radical (unpaired) electrons. The molecular weight excluding hydrogens is 647 g/mol. The first-order chi connectivity index (χ1) is 20.5. The maximum absolute atomic E-state index is 13.8. The van der Waals surface area contributed by atoms with E-state index in [2.05, 4.69) is 21.0 Å². The van der Waals surface area contributed by atoms with Gasteiger partial charge in [0.15, 0.2) is 24.2 Å². The molecule has 1 heterocycles. The van der Waals surface area contributed by atoms with Crippen molar-refractivity contribution in [1.29, 1.82) is 0 Å². The van der Waals surface area contributed by atoms with Gasteiger partial charge in [-0.05, 0) is 42.3 Å². The Morgan fingerprint density at radius 2 is 1.57 bits per heavy atom. The number of halogens is 8. The summed E-state index contributed by atoms with van der Waals surface area (Å²) in [4.78, 5) is 45.6. The van der Waals surface area contributed by atoms with E-state index in [0.29, 0.717) is 0 Å². The van der Waals surface area contributed by atoms with Crippen LogP contribution < -0.4 is 4.74 Å². The van der Waals surface area contributed by atoms with Gasteiger partial charge in [-0.25, -0.2) is 9.79 Å². The Morgan fingerprint density at radius 1 is 1.00 bits per heavy atom. The van der Waals surface area contributed by atoms with Gasteiger partial charge in [0, 0.05) is 17.4 Å². The monoisotopic (exact) mass is 667 g/mol. The summed E-state index contributed by atoms with van der Waals surface area (Å²) in [5.74, 6) is -8.38. The highest BCUT2D eigenvalue weighted by Crippen LogP contribution is 2.63. The van der Waals surface area contributed by atoms with Crippen LogP contribution in [0.15, 0.2) is 60.1 Å². The Bertz CT molecular complexity index is 1480. The molecule has 0 N–H and O–H groups in total. The second-order valence-corrected chi connectivity index (χ2v) is 10.7. The van der Waals surface area contributed by atoms with Crippen molar-refractivity contribution >= 4 is 47.0 Å². The molecular formula is C28H21Cl2F6NO7. The van der Waals surface area contributed by atoms with E-state index in [9.17, 15) is 40.7 Å². The van der Waals surface area contributed by atoms with Crippen molar-refractivity contribution in [2.45, 2.75) is 30.2 Å². The Kier molecular flexibility index (Phi) is 9.00. The van der Waals surface area contributed by atoms with Crippen LogP contribution in [-0.2, 0) is 28.6 Å². The van der Waals surface area contributed by atoms with Gasteiger partial charge in [0.05, 0.1) is 17.2 Å². The molecule has 2 aromatic carbocycles. The van der Waals surface area contributed by atoms with Crippen molar-refractivity contribution in [3.8, 4) is 5.75 Å². The third-order valence-electron chi connectivity index (χ3n) is 7.21. The first-order valence-electron chi connectivity index (χ1n) is 12.5. The molecule has 2 aliphatic rings. The van der Waals surface area contributed by atoms with Crippen LogP contribution >= 0.6 is 23.2 Å². The number of benzene rings is 2. The molecule has 2 aromatic rings. The summed E-state index contributed by atoms with van der Waals surface area (Å²) in [5, 5.41) is 0.165. The molecule has 1 aliphatic heterocycles. The highest BCUT2D eigenvalue weighted by atomic mass is 35.5. The Hall–Kier alpha value is -3.78. The molecule has 44 heavy (non-hydrogen) atoms. The third-order valence-corrected chi connectivity index (χ3v) is 7.94. The van der Waals surface area contributed by atoms with E-state index in [1.165, 1.54) is 49.6 Å².